The first-order valence-electron chi connectivity index (χ1n) is 9.89. The molecule has 9 nitrogen and oxygen atoms in total. The minimum atomic E-state index is -0.953. The number of ether oxygens (including phenoxy) is 1. The van der Waals surface area contributed by atoms with E-state index >= 15 is 0 Å². The van der Waals surface area contributed by atoms with Crippen LogP contribution in [0, 0.1) is 5.41 Å². The van der Waals surface area contributed by atoms with Gasteiger partial charge in [0.05, 0.1) is 26.0 Å². The summed E-state index contributed by atoms with van der Waals surface area (Å²) < 4.78 is 5.44. The van der Waals surface area contributed by atoms with E-state index in [0.29, 0.717) is 5.56 Å². The van der Waals surface area contributed by atoms with Crippen LogP contribution < -0.4 is 16.5 Å². The summed E-state index contributed by atoms with van der Waals surface area (Å²) in [6.45, 7) is 0.719. The van der Waals surface area contributed by atoms with Gasteiger partial charge in [0.15, 0.2) is 0 Å². The van der Waals surface area contributed by atoms with E-state index in [1.807, 2.05) is 30.3 Å². The monoisotopic (exact) mass is 423 g/mol. The molecule has 1 aliphatic rings. The highest BCUT2D eigenvalue weighted by Gasteiger charge is 2.32. The SMILES string of the molecule is N=C(N)c1ccc(CNC(=O)C[C@H]2OCCN(NC(=O)Cc3ccccc3)C2=O)cc1. The third kappa shape index (κ3) is 6.38. The molecule has 1 heterocycles. The van der Waals surface area contributed by atoms with Crippen LogP contribution in [0.4, 0.5) is 0 Å². The van der Waals surface area contributed by atoms with Crippen molar-refractivity contribution in [3.05, 3.63) is 71.3 Å². The van der Waals surface area contributed by atoms with Crippen LogP contribution in [0.1, 0.15) is 23.1 Å². The van der Waals surface area contributed by atoms with Gasteiger partial charge in [-0.05, 0) is 11.1 Å². The Balaban J connectivity index is 1.47. The van der Waals surface area contributed by atoms with Crippen LogP contribution >= 0.6 is 0 Å². The summed E-state index contributed by atoms with van der Waals surface area (Å²) in [5.41, 5.74) is 10.3. The first-order valence-corrected chi connectivity index (χ1v) is 9.89. The minimum Gasteiger partial charge on any atom is -0.384 e. The van der Waals surface area contributed by atoms with E-state index in [2.05, 4.69) is 10.7 Å². The Morgan fingerprint density at radius 1 is 1.06 bits per heavy atom. The van der Waals surface area contributed by atoms with Gasteiger partial charge in [-0.3, -0.25) is 25.2 Å². The Kier molecular flexibility index (Phi) is 7.34. The number of nitrogens with two attached hydrogens (primary N) is 1. The highest BCUT2D eigenvalue weighted by Crippen LogP contribution is 2.10. The lowest BCUT2D eigenvalue weighted by Gasteiger charge is -2.32. The standard InChI is InChI=1S/C22H25N5O4/c23-21(24)17-8-6-16(7-9-17)14-25-19(28)13-18-22(30)27(10-11-31-18)26-20(29)12-15-4-2-1-3-5-15/h1-9,18H,10-14H2,(H3,23,24)(H,25,28)(H,26,29)/t18-/m1/s1. The van der Waals surface area contributed by atoms with Gasteiger partial charge in [0.1, 0.15) is 11.9 Å². The summed E-state index contributed by atoms with van der Waals surface area (Å²) in [5, 5.41) is 11.3. The van der Waals surface area contributed by atoms with E-state index in [0.717, 1.165) is 11.1 Å². The Labute approximate surface area is 180 Å². The second kappa shape index (κ2) is 10.4. The zero-order valence-electron chi connectivity index (χ0n) is 17.0. The molecule has 3 amide bonds. The van der Waals surface area contributed by atoms with Gasteiger partial charge in [-0.15, -0.1) is 0 Å². The van der Waals surface area contributed by atoms with Gasteiger partial charge in [-0.2, -0.15) is 0 Å². The van der Waals surface area contributed by atoms with E-state index < -0.39 is 12.0 Å². The summed E-state index contributed by atoms with van der Waals surface area (Å²) in [6.07, 6.45) is -0.945. The van der Waals surface area contributed by atoms with Crippen molar-refractivity contribution in [3.8, 4) is 0 Å². The van der Waals surface area contributed by atoms with Gasteiger partial charge in [0.2, 0.25) is 11.8 Å². The molecule has 1 fully saturated rings. The number of amides is 3. The van der Waals surface area contributed by atoms with Crippen molar-refractivity contribution in [1.29, 1.82) is 5.41 Å². The lowest BCUT2D eigenvalue weighted by molar-refractivity contribution is -0.162. The van der Waals surface area contributed by atoms with E-state index in [-0.39, 0.29) is 50.2 Å². The van der Waals surface area contributed by atoms with Crippen LogP contribution in [0.15, 0.2) is 54.6 Å². The molecule has 5 N–H and O–H groups in total. The van der Waals surface area contributed by atoms with E-state index in [4.69, 9.17) is 15.9 Å². The maximum absolute atomic E-state index is 12.6. The Hall–Kier alpha value is -3.72. The van der Waals surface area contributed by atoms with Crippen LogP contribution in [0.3, 0.4) is 0 Å². The van der Waals surface area contributed by atoms with Crippen LogP contribution in [0.25, 0.3) is 0 Å². The molecule has 0 aromatic heterocycles. The molecule has 0 bridgehead atoms. The predicted octanol–water partition coefficient (Wildman–Crippen LogP) is 0.478. The third-order valence-electron chi connectivity index (χ3n) is 4.77. The molecule has 9 heteroatoms. The number of hydrogen-bond acceptors (Lipinski definition) is 5. The summed E-state index contributed by atoms with van der Waals surface area (Å²) in [4.78, 5) is 37.1. The van der Waals surface area contributed by atoms with Gasteiger partial charge >= 0.3 is 0 Å². The largest absolute Gasteiger partial charge is 0.384 e. The summed E-state index contributed by atoms with van der Waals surface area (Å²) in [6, 6.07) is 16.2. The smallest absolute Gasteiger partial charge is 0.270 e. The zero-order chi connectivity index (χ0) is 22.2. The molecule has 162 valence electrons. The zero-order valence-corrected chi connectivity index (χ0v) is 17.0. The number of nitrogens with zero attached hydrogens (tertiary/aromatic N) is 1. The minimum absolute atomic E-state index is 0.0241. The number of nitrogens with one attached hydrogen (secondary N) is 3. The number of carbonyl (C=O) groups is 3. The molecular weight excluding hydrogens is 398 g/mol. The molecule has 2 aromatic carbocycles. The lowest BCUT2D eigenvalue weighted by atomic mass is 10.1. The highest BCUT2D eigenvalue weighted by molar-refractivity contribution is 5.95. The Morgan fingerprint density at radius 2 is 1.77 bits per heavy atom. The molecule has 0 unspecified atom stereocenters. The number of rotatable bonds is 8. The lowest BCUT2D eigenvalue weighted by Crippen LogP contribution is -2.56. The first-order chi connectivity index (χ1) is 14.9. The molecule has 1 atom stereocenters. The molecule has 1 aliphatic heterocycles. The van der Waals surface area contributed by atoms with Crippen molar-refractivity contribution < 1.29 is 19.1 Å². The maximum atomic E-state index is 12.6. The fourth-order valence-corrected chi connectivity index (χ4v) is 3.11. The fourth-order valence-electron chi connectivity index (χ4n) is 3.11. The van der Waals surface area contributed by atoms with Crippen LogP contribution in [0.2, 0.25) is 0 Å². The van der Waals surface area contributed by atoms with Gasteiger partial charge in [-0.1, -0.05) is 54.6 Å². The number of morpholine rings is 1. The number of hydrazine groups is 1. The van der Waals surface area contributed by atoms with Crippen LogP contribution in [-0.4, -0.2) is 47.8 Å². The molecule has 0 spiro atoms. The quantitative estimate of drug-likeness (QED) is 0.361. The number of hydrogen-bond donors (Lipinski definition) is 4. The molecule has 1 saturated heterocycles. The average Bonchev–Trinajstić information content (AvgIpc) is 2.76. The number of benzene rings is 2. The molecule has 0 saturated carbocycles. The van der Waals surface area contributed by atoms with E-state index in [1.54, 1.807) is 24.3 Å². The topological polar surface area (TPSA) is 138 Å². The van der Waals surface area contributed by atoms with Crippen molar-refractivity contribution in [2.45, 2.75) is 25.5 Å². The molecule has 3 rings (SSSR count). The second-order valence-corrected chi connectivity index (χ2v) is 7.14. The fraction of sp³-hybridized carbons (Fsp3) is 0.273. The normalized spacial score (nSPS) is 15.9. The average molecular weight is 423 g/mol. The van der Waals surface area contributed by atoms with Gasteiger partial charge in [0, 0.05) is 12.1 Å². The Bertz CT molecular complexity index is 946. The summed E-state index contributed by atoms with van der Waals surface area (Å²) >= 11 is 0. The van der Waals surface area contributed by atoms with Gasteiger partial charge < -0.3 is 15.8 Å². The van der Waals surface area contributed by atoms with Crippen molar-refractivity contribution in [1.82, 2.24) is 15.8 Å². The Morgan fingerprint density at radius 3 is 2.45 bits per heavy atom. The number of carbonyl (C=O) groups excluding carboxylic acids is 3. The highest BCUT2D eigenvalue weighted by atomic mass is 16.5. The molecule has 31 heavy (non-hydrogen) atoms. The van der Waals surface area contributed by atoms with Crippen molar-refractivity contribution in [3.63, 3.8) is 0 Å². The first kappa shape index (κ1) is 22.0. The van der Waals surface area contributed by atoms with Crippen molar-refractivity contribution in [2.24, 2.45) is 5.73 Å². The molecule has 2 aromatic rings. The predicted molar refractivity (Wildman–Crippen MR) is 114 cm³/mol. The second-order valence-electron chi connectivity index (χ2n) is 7.14. The van der Waals surface area contributed by atoms with E-state index in [1.165, 1.54) is 5.01 Å². The third-order valence-corrected chi connectivity index (χ3v) is 4.77. The maximum Gasteiger partial charge on any atom is 0.270 e. The number of amidine groups is 1. The van der Waals surface area contributed by atoms with Crippen molar-refractivity contribution >= 4 is 23.6 Å². The van der Waals surface area contributed by atoms with E-state index in [9.17, 15) is 14.4 Å². The molecule has 0 aliphatic carbocycles. The van der Waals surface area contributed by atoms with Gasteiger partial charge in [0.25, 0.3) is 5.91 Å². The molecular formula is C22H25N5O4. The van der Waals surface area contributed by atoms with Crippen molar-refractivity contribution in [2.75, 3.05) is 13.2 Å². The van der Waals surface area contributed by atoms with Crippen LogP contribution in [0.5, 0.6) is 0 Å². The summed E-state index contributed by atoms with van der Waals surface area (Å²) in [7, 11) is 0. The molecule has 0 radical (unpaired) electrons. The summed E-state index contributed by atoms with van der Waals surface area (Å²) in [5.74, 6) is -1.12. The van der Waals surface area contributed by atoms with Gasteiger partial charge in [-0.25, -0.2) is 5.01 Å². The van der Waals surface area contributed by atoms with Crippen LogP contribution in [-0.2, 0) is 32.1 Å². The number of nitrogen functional groups attached to an aromatic ring is 1.